The van der Waals surface area contributed by atoms with Crippen LogP contribution in [0.25, 0.3) is 0 Å². The molecule has 0 radical (unpaired) electrons. The van der Waals surface area contributed by atoms with Gasteiger partial charge in [0.15, 0.2) is 0 Å². The summed E-state index contributed by atoms with van der Waals surface area (Å²) in [6.45, 7) is 0.206. The summed E-state index contributed by atoms with van der Waals surface area (Å²) < 4.78 is 50.9. The van der Waals surface area contributed by atoms with Gasteiger partial charge >= 0.3 is 6.18 Å². The van der Waals surface area contributed by atoms with E-state index in [1.165, 1.54) is 0 Å². The lowest BCUT2D eigenvalue weighted by molar-refractivity contribution is -0.137. The molecule has 2 rings (SSSR count). The van der Waals surface area contributed by atoms with Gasteiger partial charge in [-0.15, -0.1) is 12.4 Å². The number of carbonyl (C=O) groups is 1. The van der Waals surface area contributed by atoms with Gasteiger partial charge in [-0.2, -0.15) is 13.2 Å². The molecular weight excluding hydrogens is 312 g/mol. The smallest absolute Gasteiger partial charge is 0.348 e. The number of nitrogens with two attached hydrogens (primary N) is 1. The molecule has 1 aromatic rings. The van der Waals surface area contributed by atoms with E-state index in [4.69, 9.17) is 5.73 Å². The maximum atomic E-state index is 13.2. The Morgan fingerprint density at radius 2 is 1.95 bits per heavy atom. The Kier molecular flexibility index (Phi) is 5.58. The quantitative estimate of drug-likeness (QED) is 0.836. The fourth-order valence-electron chi connectivity index (χ4n) is 2.00. The minimum absolute atomic E-state index is 0. The van der Waals surface area contributed by atoms with E-state index in [1.807, 2.05) is 0 Å². The third kappa shape index (κ3) is 4.57. The van der Waals surface area contributed by atoms with Crippen molar-refractivity contribution < 1.29 is 22.4 Å². The maximum absolute atomic E-state index is 13.2. The Morgan fingerprint density at radius 1 is 1.33 bits per heavy atom. The Balaban J connectivity index is 0.00000220. The van der Waals surface area contributed by atoms with Crippen LogP contribution in [-0.4, -0.2) is 18.5 Å². The van der Waals surface area contributed by atoms with Crippen LogP contribution >= 0.6 is 12.4 Å². The number of alkyl halides is 3. The summed E-state index contributed by atoms with van der Waals surface area (Å²) in [4.78, 5) is 11.9. The molecule has 0 saturated heterocycles. The van der Waals surface area contributed by atoms with Crippen molar-refractivity contribution in [3.8, 4) is 0 Å². The van der Waals surface area contributed by atoms with E-state index in [1.54, 1.807) is 0 Å². The first-order valence-corrected chi connectivity index (χ1v) is 6.20. The number of hydrogen-bond donors (Lipinski definition) is 2. The van der Waals surface area contributed by atoms with Crippen LogP contribution in [0.1, 0.15) is 28.8 Å². The topological polar surface area (TPSA) is 55.1 Å². The van der Waals surface area contributed by atoms with E-state index in [0.29, 0.717) is 12.1 Å². The zero-order valence-electron chi connectivity index (χ0n) is 10.9. The van der Waals surface area contributed by atoms with Gasteiger partial charge in [0, 0.05) is 18.2 Å². The highest BCUT2D eigenvalue weighted by Crippen LogP contribution is 2.33. The second-order valence-electron chi connectivity index (χ2n) is 4.88. The molecule has 1 amide bonds. The van der Waals surface area contributed by atoms with Crippen LogP contribution < -0.4 is 11.1 Å². The van der Waals surface area contributed by atoms with E-state index >= 15 is 0 Å². The molecule has 21 heavy (non-hydrogen) atoms. The molecule has 1 aliphatic rings. The van der Waals surface area contributed by atoms with Gasteiger partial charge in [-0.1, -0.05) is 0 Å². The van der Waals surface area contributed by atoms with E-state index in [0.717, 1.165) is 18.9 Å². The summed E-state index contributed by atoms with van der Waals surface area (Å²) in [7, 11) is 0. The van der Waals surface area contributed by atoms with Crippen molar-refractivity contribution in [1.82, 2.24) is 5.32 Å². The summed E-state index contributed by atoms with van der Waals surface area (Å²) in [6.07, 6.45) is -2.83. The zero-order chi connectivity index (χ0) is 14.9. The van der Waals surface area contributed by atoms with Gasteiger partial charge in [0.1, 0.15) is 5.82 Å². The van der Waals surface area contributed by atoms with Crippen molar-refractivity contribution in [3.05, 3.63) is 35.1 Å². The van der Waals surface area contributed by atoms with Crippen LogP contribution in [0.2, 0.25) is 0 Å². The van der Waals surface area contributed by atoms with E-state index in [9.17, 15) is 22.4 Å². The standard InChI is InChI=1S/C13H14F4N2O.ClH/c14-10-4-8(3-9(5-10)13(15,16)17)12(20)19-11(6-18)7-1-2-7;/h3-5,7,11H,1-2,6,18H2,(H,19,20);1H. The van der Waals surface area contributed by atoms with Gasteiger partial charge in [0.2, 0.25) is 0 Å². The number of hydrogen-bond acceptors (Lipinski definition) is 2. The van der Waals surface area contributed by atoms with Crippen molar-refractivity contribution in [2.45, 2.75) is 25.1 Å². The van der Waals surface area contributed by atoms with Crippen molar-refractivity contribution in [2.24, 2.45) is 11.7 Å². The maximum Gasteiger partial charge on any atom is 0.416 e. The molecule has 0 aromatic heterocycles. The molecule has 8 heteroatoms. The van der Waals surface area contributed by atoms with Gasteiger partial charge in [0.25, 0.3) is 5.91 Å². The normalized spacial score (nSPS) is 16.0. The van der Waals surface area contributed by atoms with Crippen LogP contribution in [0.5, 0.6) is 0 Å². The van der Waals surface area contributed by atoms with Crippen LogP contribution in [0.15, 0.2) is 18.2 Å². The summed E-state index contributed by atoms with van der Waals surface area (Å²) in [5, 5.41) is 2.55. The Bertz CT molecular complexity index is 517. The Morgan fingerprint density at radius 3 is 2.43 bits per heavy atom. The largest absolute Gasteiger partial charge is 0.416 e. The SMILES string of the molecule is Cl.NCC(NC(=O)c1cc(F)cc(C(F)(F)F)c1)C1CC1. The summed E-state index contributed by atoms with van der Waals surface area (Å²) in [5.74, 6) is -1.57. The van der Waals surface area contributed by atoms with E-state index in [-0.39, 0.29) is 36.5 Å². The third-order valence-electron chi connectivity index (χ3n) is 3.25. The Hall–Kier alpha value is -1.34. The summed E-state index contributed by atoms with van der Waals surface area (Å²) in [6, 6.07) is 1.50. The van der Waals surface area contributed by atoms with Crippen LogP contribution in [0, 0.1) is 11.7 Å². The Labute approximate surface area is 125 Å². The summed E-state index contributed by atoms with van der Waals surface area (Å²) >= 11 is 0. The fourth-order valence-corrected chi connectivity index (χ4v) is 2.00. The molecule has 0 heterocycles. The molecule has 0 spiro atoms. The highest BCUT2D eigenvalue weighted by atomic mass is 35.5. The predicted molar refractivity (Wildman–Crippen MR) is 71.7 cm³/mol. The van der Waals surface area contributed by atoms with Gasteiger partial charge in [-0.25, -0.2) is 4.39 Å². The van der Waals surface area contributed by atoms with Crippen LogP contribution in [-0.2, 0) is 6.18 Å². The molecule has 1 aliphatic carbocycles. The summed E-state index contributed by atoms with van der Waals surface area (Å²) in [5.41, 5.74) is 3.97. The number of benzene rings is 1. The molecule has 0 bridgehead atoms. The van der Waals surface area contributed by atoms with Gasteiger partial charge in [0.05, 0.1) is 5.56 Å². The van der Waals surface area contributed by atoms with Crippen LogP contribution in [0.4, 0.5) is 17.6 Å². The molecule has 0 aliphatic heterocycles. The monoisotopic (exact) mass is 326 g/mol. The minimum atomic E-state index is -4.69. The van der Waals surface area contributed by atoms with Crippen molar-refractivity contribution in [1.29, 1.82) is 0 Å². The van der Waals surface area contributed by atoms with Gasteiger partial charge in [-0.3, -0.25) is 4.79 Å². The number of halogens is 5. The third-order valence-corrected chi connectivity index (χ3v) is 3.25. The van der Waals surface area contributed by atoms with E-state index < -0.39 is 23.5 Å². The van der Waals surface area contributed by atoms with Crippen LogP contribution in [0.3, 0.4) is 0 Å². The molecule has 1 saturated carbocycles. The fraction of sp³-hybridized carbons (Fsp3) is 0.462. The average molecular weight is 327 g/mol. The number of carbonyl (C=O) groups excluding carboxylic acids is 1. The first-order chi connectivity index (χ1) is 9.31. The molecule has 1 unspecified atom stereocenters. The zero-order valence-corrected chi connectivity index (χ0v) is 11.7. The highest BCUT2D eigenvalue weighted by Gasteiger charge is 2.34. The second kappa shape index (κ2) is 6.62. The van der Waals surface area contributed by atoms with Crippen molar-refractivity contribution >= 4 is 18.3 Å². The number of rotatable bonds is 4. The molecule has 1 aromatic carbocycles. The molecule has 1 fully saturated rings. The molecule has 1 atom stereocenters. The van der Waals surface area contributed by atoms with Gasteiger partial charge < -0.3 is 11.1 Å². The first kappa shape index (κ1) is 17.7. The second-order valence-corrected chi connectivity index (χ2v) is 4.88. The number of nitrogens with one attached hydrogen (secondary N) is 1. The number of amides is 1. The molecule has 3 nitrogen and oxygen atoms in total. The highest BCUT2D eigenvalue weighted by molar-refractivity contribution is 5.94. The van der Waals surface area contributed by atoms with E-state index in [2.05, 4.69) is 5.32 Å². The lowest BCUT2D eigenvalue weighted by Crippen LogP contribution is -2.41. The predicted octanol–water partition coefficient (Wildman–Crippen LogP) is 2.73. The average Bonchev–Trinajstić information content (AvgIpc) is 3.18. The minimum Gasteiger partial charge on any atom is -0.348 e. The van der Waals surface area contributed by atoms with Crippen molar-refractivity contribution in [2.75, 3.05) is 6.54 Å². The van der Waals surface area contributed by atoms with Crippen molar-refractivity contribution in [3.63, 3.8) is 0 Å². The molecule has 118 valence electrons. The molecule has 3 N–H and O–H groups in total. The lowest BCUT2D eigenvalue weighted by Gasteiger charge is -2.16. The van der Waals surface area contributed by atoms with Gasteiger partial charge in [-0.05, 0) is 37.0 Å². The lowest BCUT2D eigenvalue weighted by atomic mass is 10.1. The molecular formula is C13H15ClF4N2O. The first-order valence-electron chi connectivity index (χ1n) is 6.20.